The Kier molecular flexibility index (Phi) is 5.23. The van der Waals surface area contributed by atoms with Crippen LogP contribution in [0.3, 0.4) is 0 Å². The normalized spacial score (nSPS) is 10.0. The van der Waals surface area contributed by atoms with Crippen molar-refractivity contribution in [2.75, 3.05) is 20.3 Å². The van der Waals surface area contributed by atoms with Gasteiger partial charge in [0.1, 0.15) is 4.60 Å². The fraction of sp³-hybridized carbons (Fsp3) is 0.333. The van der Waals surface area contributed by atoms with Crippen molar-refractivity contribution in [3.63, 3.8) is 0 Å². The molecule has 1 aromatic heterocycles. The van der Waals surface area contributed by atoms with E-state index in [-0.39, 0.29) is 5.91 Å². The second-order valence-corrected chi connectivity index (χ2v) is 3.45. The van der Waals surface area contributed by atoms with Crippen LogP contribution >= 0.6 is 15.9 Å². The maximum Gasteiger partial charge on any atom is 0.274 e. The number of pyridine rings is 1. The number of nitrogens with zero attached hydrogens (tertiary/aromatic N) is 1. The van der Waals surface area contributed by atoms with Gasteiger partial charge in [0, 0.05) is 18.9 Å². The quantitative estimate of drug-likeness (QED) is 0.497. The number of amides is 1. The van der Waals surface area contributed by atoms with E-state index >= 15 is 0 Å². The molecule has 0 aliphatic heterocycles. The first-order valence-electron chi connectivity index (χ1n) is 4.26. The molecule has 1 amide bonds. The molecule has 0 aromatic carbocycles. The summed E-state index contributed by atoms with van der Waals surface area (Å²) >= 11 is 3.17. The second kappa shape index (κ2) is 6.49. The highest BCUT2D eigenvalue weighted by Gasteiger charge is 2.05. The third-order valence-corrected chi connectivity index (χ3v) is 1.98. The van der Waals surface area contributed by atoms with Crippen molar-refractivity contribution in [3.05, 3.63) is 28.5 Å². The summed E-state index contributed by atoms with van der Waals surface area (Å²) in [4.78, 5) is 20.2. The monoisotopic (exact) mass is 274 g/mol. The zero-order valence-corrected chi connectivity index (χ0v) is 9.78. The van der Waals surface area contributed by atoms with E-state index in [0.717, 1.165) is 0 Å². The lowest BCUT2D eigenvalue weighted by molar-refractivity contribution is 0.00888. The topological polar surface area (TPSA) is 60.5 Å². The molecule has 1 aromatic rings. The number of nitrogens with one attached hydrogen (secondary N) is 1. The maximum atomic E-state index is 11.4. The Hall–Kier alpha value is -0.980. The predicted molar refractivity (Wildman–Crippen MR) is 57.2 cm³/mol. The molecule has 0 aliphatic carbocycles. The van der Waals surface area contributed by atoms with Crippen molar-refractivity contribution in [1.82, 2.24) is 10.5 Å². The molecule has 6 heteroatoms. The molecule has 15 heavy (non-hydrogen) atoms. The first-order valence-corrected chi connectivity index (χ1v) is 5.06. The predicted octanol–water partition coefficient (Wildman–Crippen LogP) is 1.15. The third-order valence-electron chi connectivity index (χ3n) is 1.54. The number of hydrogen-bond donors (Lipinski definition) is 1. The van der Waals surface area contributed by atoms with Crippen LogP contribution < -0.4 is 5.48 Å². The van der Waals surface area contributed by atoms with Gasteiger partial charge < -0.3 is 4.74 Å². The van der Waals surface area contributed by atoms with Gasteiger partial charge in [-0.1, -0.05) is 0 Å². The van der Waals surface area contributed by atoms with Gasteiger partial charge in [0.05, 0.1) is 13.2 Å². The van der Waals surface area contributed by atoms with Crippen molar-refractivity contribution >= 4 is 21.8 Å². The standard InChI is InChI=1S/C9H11BrN2O3/c1-14-4-5-15-12-9(13)7-2-3-11-8(10)6-7/h2-3,6H,4-5H2,1H3,(H,12,13). The summed E-state index contributed by atoms with van der Waals surface area (Å²) in [5, 5.41) is 0. The summed E-state index contributed by atoms with van der Waals surface area (Å²) in [6.07, 6.45) is 1.54. The van der Waals surface area contributed by atoms with Gasteiger partial charge in [-0.25, -0.2) is 10.5 Å². The Balaban J connectivity index is 2.40. The average molecular weight is 275 g/mol. The fourth-order valence-corrected chi connectivity index (χ4v) is 1.21. The van der Waals surface area contributed by atoms with E-state index < -0.39 is 0 Å². The first-order chi connectivity index (χ1) is 7.24. The zero-order valence-electron chi connectivity index (χ0n) is 8.20. The molecule has 1 rings (SSSR count). The van der Waals surface area contributed by atoms with Crippen molar-refractivity contribution in [2.45, 2.75) is 0 Å². The van der Waals surface area contributed by atoms with Crippen LogP contribution in [0.25, 0.3) is 0 Å². The van der Waals surface area contributed by atoms with E-state index in [0.29, 0.717) is 23.4 Å². The largest absolute Gasteiger partial charge is 0.382 e. The Morgan fingerprint density at radius 3 is 3.07 bits per heavy atom. The van der Waals surface area contributed by atoms with Crippen LogP contribution in [0.2, 0.25) is 0 Å². The van der Waals surface area contributed by atoms with Crippen molar-refractivity contribution < 1.29 is 14.4 Å². The zero-order chi connectivity index (χ0) is 11.1. The number of rotatable bonds is 5. The number of hydroxylamine groups is 1. The van der Waals surface area contributed by atoms with E-state index in [1.165, 1.54) is 6.20 Å². The molecule has 0 spiro atoms. The molecular weight excluding hydrogens is 264 g/mol. The van der Waals surface area contributed by atoms with Crippen LogP contribution in [0.15, 0.2) is 22.9 Å². The number of carbonyl (C=O) groups excluding carboxylic acids is 1. The van der Waals surface area contributed by atoms with Gasteiger partial charge in [-0.2, -0.15) is 0 Å². The minimum absolute atomic E-state index is 0.311. The van der Waals surface area contributed by atoms with Crippen LogP contribution in [0.4, 0.5) is 0 Å². The van der Waals surface area contributed by atoms with Crippen LogP contribution in [-0.4, -0.2) is 31.2 Å². The molecule has 0 unspecified atom stereocenters. The maximum absolute atomic E-state index is 11.4. The summed E-state index contributed by atoms with van der Waals surface area (Å²) < 4.78 is 5.36. The van der Waals surface area contributed by atoms with Gasteiger partial charge in [-0.3, -0.25) is 9.63 Å². The SMILES string of the molecule is COCCONC(=O)c1ccnc(Br)c1. The molecule has 82 valence electrons. The molecule has 0 atom stereocenters. The van der Waals surface area contributed by atoms with Gasteiger partial charge >= 0.3 is 0 Å². The Bertz CT molecular complexity index is 333. The van der Waals surface area contributed by atoms with Crippen molar-refractivity contribution in [3.8, 4) is 0 Å². The molecule has 1 N–H and O–H groups in total. The molecule has 5 nitrogen and oxygen atoms in total. The highest BCUT2D eigenvalue weighted by Crippen LogP contribution is 2.07. The number of ether oxygens (including phenoxy) is 1. The molecule has 0 saturated heterocycles. The molecule has 0 saturated carbocycles. The lowest BCUT2D eigenvalue weighted by Gasteiger charge is -2.05. The molecule has 0 aliphatic rings. The van der Waals surface area contributed by atoms with Crippen molar-refractivity contribution in [2.24, 2.45) is 0 Å². The summed E-state index contributed by atoms with van der Waals surface area (Å²) in [6, 6.07) is 3.20. The highest BCUT2D eigenvalue weighted by atomic mass is 79.9. The summed E-state index contributed by atoms with van der Waals surface area (Å²) in [5.41, 5.74) is 2.77. The van der Waals surface area contributed by atoms with Crippen LogP contribution in [0.1, 0.15) is 10.4 Å². The molecule has 1 heterocycles. The van der Waals surface area contributed by atoms with E-state index in [1.807, 2.05) is 0 Å². The van der Waals surface area contributed by atoms with E-state index in [4.69, 9.17) is 9.57 Å². The fourth-order valence-electron chi connectivity index (χ4n) is 0.844. The van der Waals surface area contributed by atoms with Gasteiger partial charge in [-0.05, 0) is 28.1 Å². The Morgan fingerprint density at radius 2 is 2.40 bits per heavy atom. The van der Waals surface area contributed by atoms with E-state index in [1.54, 1.807) is 19.2 Å². The minimum Gasteiger partial charge on any atom is -0.382 e. The average Bonchev–Trinajstić information content (AvgIpc) is 2.24. The Labute approximate surface area is 95.9 Å². The molecule has 0 fully saturated rings. The van der Waals surface area contributed by atoms with Crippen LogP contribution in [0.5, 0.6) is 0 Å². The van der Waals surface area contributed by atoms with Gasteiger partial charge in [0.15, 0.2) is 0 Å². The number of halogens is 1. The number of methoxy groups -OCH3 is 1. The van der Waals surface area contributed by atoms with Crippen LogP contribution in [-0.2, 0) is 9.57 Å². The lowest BCUT2D eigenvalue weighted by Crippen LogP contribution is -2.25. The third kappa shape index (κ3) is 4.37. The number of carbonyl (C=O) groups is 1. The number of aromatic nitrogens is 1. The minimum atomic E-state index is -0.311. The molecule has 0 bridgehead atoms. The van der Waals surface area contributed by atoms with Crippen molar-refractivity contribution in [1.29, 1.82) is 0 Å². The highest BCUT2D eigenvalue weighted by molar-refractivity contribution is 9.10. The second-order valence-electron chi connectivity index (χ2n) is 2.64. The van der Waals surface area contributed by atoms with Gasteiger partial charge in [0.2, 0.25) is 0 Å². The van der Waals surface area contributed by atoms with E-state index in [9.17, 15) is 4.79 Å². The van der Waals surface area contributed by atoms with Crippen LogP contribution in [0, 0.1) is 0 Å². The molecular formula is C9H11BrN2O3. The summed E-state index contributed by atoms with van der Waals surface area (Å²) in [6.45, 7) is 0.745. The van der Waals surface area contributed by atoms with E-state index in [2.05, 4.69) is 26.4 Å². The first kappa shape index (κ1) is 12.1. The summed E-state index contributed by atoms with van der Waals surface area (Å²) in [5.74, 6) is -0.311. The lowest BCUT2D eigenvalue weighted by atomic mass is 10.3. The van der Waals surface area contributed by atoms with Gasteiger partial charge in [-0.15, -0.1) is 0 Å². The Morgan fingerprint density at radius 1 is 1.60 bits per heavy atom. The smallest absolute Gasteiger partial charge is 0.274 e. The summed E-state index contributed by atoms with van der Waals surface area (Å²) in [7, 11) is 1.56. The van der Waals surface area contributed by atoms with Gasteiger partial charge in [0.25, 0.3) is 5.91 Å². The molecule has 0 radical (unpaired) electrons. The number of hydrogen-bond acceptors (Lipinski definition) is 4.